The zero-order valence-corrected chi connectivity index (χ0v) is 13.6. The summed E-state index contributed by atoms with van der Waals surface area (Å²) >= 11 is 0. The van der Waals surface area contributed by atoms with Gasteiger partial charge >= 0.3 is 0 Å². The molecular weight excluding hydrogens is 314 g/mol. The molecule has 4 rings (SSSR count). The highest BCUT2D eigenvalue weighted by Crippen LogP contribution is 2.36. The van der Waals surface area contributed by atoms with Crippen LogP contribution in [0.1, 0.15) is 0 Å². The van der Waals surface area contributed by atoms with Gasteiger partial charge in [-0.25, -0.2) is 15.0 Å². The van der Waals surface area contributed by atoms with Crippen LogP contribution in [0.25, 0.3) is 22.2 Å². The van der Waals surface area contributed by atoms with Gasteiger partial charge in [-0.2, -0.15) is 0 Å². The first kappa shape index (κ1) is 15.1. The molecule has 0 aliphatic rings. The van der Waals surface area contributed by atoms with Crippen molar-refractivity contribution in [1.29, 1.82) is 0 Å². The fourth-order valence-corrected chi connectivity index (χ4v) is 2.61. The van der Waals surface area contributed by atoms with Gasteiger partial charge in [0.1, 0.15) is 11.4 Å². The summed E-state index contributed by atoms with van der Waals surface area (Å²) < 4.78 is 11.4. The number of nitrogens with zero attached hydrogens (tertiary/aromatic N) is 3. The Kier molecular flexibility index (Phi) is 3.96. The third-order valence-corrected chi connectivity index (χ3v) is 3.76. The molecule has 0 atom stereocenters. The second-order valence-electron chi connectivity index (χ2n) is 5.36. The first-order chi connectivity index (χ1) is 12.3. The minimum Gasteiger partial charge on any atom is -0.480 e. The van der Waals surface area contributed by atoms with E-state index in [2.05, 4.69) is 15.0 Å². The van der Waals surface area contributed by atoms with E-state index in [1.165, 1.54) is 0 Å². The van der Waals surface area contributed by atoms with Crippen LogP contribution in [0.2, 0.25) is 0 Å². The van der Waals surface area contributed by atoms with Crippen LogP contribution in [-0.4, -0.2) is 22.1 Å². The highest BCUT2D eigenvalue weighted by molar-refractivity contribution is 5.86. The lowest BCUT2D eigenvalue weighted by Crippen LogP contribution is -1.98. The largest absolute Gasteiger partial charge is 0.480 e. The van der Waals surface area contributed by atoms with Gasteiger partial charge in [0, 0.05) is 17.8 Å². The zero-order valence-electron chi connectivity index (χ0n) is 13.6. The predicted octanol–water partition coefficient (Wildman–Crippen LogP) is 4.49. The van der Waals surface area contributed by atoms with Crippen LogP contribution in [-0.2, 0) is 0 Å². The van der Waals surface area contributed by atoms with Gasteiger partial charge in [-0.3, -0.25) is 0 Å². The van der Waals surface area contributed by atoms with Crippen LogP contribution in [0.5, 0.6) is 17.5 Å². The lowest BCUT2D eigenvalue weighted by molar-refractivity contribution is 0.400. The second-order valence-corrected chi connectivity index (χ2v) is 5.36. The molecule has 5 heteroatoms. The van der Waals surface area contributed by atoms with Crippen molar-refractivity contribution in [3.05, 3.63) is 73.1 Å². The molecule has 0 aliphatic heterocycles. The first-order valence-electron chi connectivity index (χ1n) is 7.83. The van der Waals surface area contributed by atoms with Crippen molar-refractivity contribution in [2.75, 3.05) is 7.11 Å². The number of hydrogen-bond acceptors (Lipinski definition) is 5. The minimum atomic E-state index is 0.407. The first-order valence-corrected chi connectivity index (χ1v) is 7.83. The summed E-state index contributed by atoms with van der Waals surface area (Å²) in [5.41, 5.74) is 2.18. The number of rotatable bonds is 4. The molecule has 0 saturated carbocycles. The lowest BCUT2D eigenvalue weighted by atomic mass is 10.1. The van der Waals surface area contributed by atoms with E-state index in [0.29, 0.717) is 23.2 Å². The van der Waals surface area contributed by atoms with Crippen LogP contribution < -0.4 is 9.47 Å². The number of pyridine rings is 1. The topological polar surface area (TPSA) is 57.1 Å². The van der Waals surface area contributed by atoms with Crippen molar-refractivity contribution in [2.24, 2.45) is 0 Å². The van der Waals surface area contributed by atoms with E-state index in [4.69, 9.17) is 9.47 Å². The molecule has 0 bridgehead atoms. The summed E-state index contributed by atoms with van der Waals surface area (Å²) in [5, 5.41) is 0.995. The SMILES string of the molecule is COc1nc2ccccc2cc1-c1nccnc1Oc1ccccc1. The van der Waals surface area contributed by atoms with Crippen molar-refractivity contribution in [2.45, 2.75) is 0 Å². The molecule has 0 fully saturated rings. The molecule has 5 nitrogen and oxygen atoms in total. The smallest absolute Gasteiger partial charge is 0.246 e. The monoisotopic (exact) mass is 329 g/mol. The van der Waals surface area contributed by atoms with E-state index >= 15 is 0 Å². The van der Waals surface area contributed by atoms with Gasteiger partial charge in [0.15, 0.2) is 0 Å². The van der Waals surface area contributed by atoms with Crippen molar-refractivity contribution in [3.63, 3.8) is 0 Å². The fraction of sp³-hybridized carbons (Fsp3) is 0.0500. The number of aromatic nitrogens is 3. The lowest BCUT2D eigenvalue weighted by Gasteiger charge is -2.12. The van der Waals surface area contributed by atoms with Gasteiger partial charge < -0.3 is 9.47 Å². The Hall–Kier alpha value is -3.47. The number of ether oxygens (including phenoxy) is 2. The standard InChI is InChI=1S/C20H15N3O2/c1-24-19-16(13-14-7-5-6-10-17(14)23-19)18-20(22-12-11-21-18)25-15-8-3-2-4-9-15/h2-13H,1H3. The summed E-state index contributed by atoms with van der Waals surface area (Å²) in [6.45, 7) is 0. The normalized spacial score (nSPS) is 10.6. The third-order valence-electron chi connectivity index (χ3n) is 3.76. The Labute approximate surface area is 144 Å². The molecule has 0 saturated heterocycles. The molecule has 0 radical (unpaired) electrons. The highest BCUT2D eigenvalue weighted by Gasteiger charge is 2.17. The van der Waals surface area contributed by atoms with Crippen molar-refractivity contribution in [3.8, 4) is 28.8 Å². The molecule has 0 spiro atoms. The summed E-state index contributed by atoms with van der Waals surface area (Å²) in [6.07, 6.45) is 3.23. The average molecular weight is 329 g/mol. The molecule has 0 unspecified atom stereocenters. The molecular formula is C20H15N3O2. The highest BCUT2D eigenvalue weighted by atomic mass is 16.5. The van der Waals surface area contributed by atoms with Gasteiger partial charge in [0.25, 0.3) is 0 Å². The van der Waals surface area contributed by atoms with Gasteiger partial charge in [0.2, 0.25) is 11.8 Å². The quantitative estimate of drug-likeness (QED) is 0.552. The van der Waals surface area contributed by atoms with Crippen molar-refractivity contribution in [1.82, 2.24) is 15.0 Å². The van der Waals surface area contributed by atoms with E-state index in [1.54, 1.807) is 19.5 Å². The van der Waals surface area contributed by atoms with E-state index in [-0.39, 0.29) is 0 Å². The van der Waals surface area contributed by atoms with Gasteiger partial charge in [-0.1, -0.05) is 36.4 Å². The summed E-state index contributed by atoms with van der Waals surface area (Å²) in [5.74, 6) is 1.58. The van der Waals surface area contributed by atoms with Crippen LogP contribution in [0.3, 0.4) is 0 Å². The summed E-state index contributed by atoms with van der Waals surface area (Å²) in [7, 11) is 1.59. The van der Waals surface area contributed by atoms with Crippen LogP contribution >= 0.6 is 0 Å². The molecule has 0 N–H and O–H groups in total. The molecule has 2 aromatic heterocycles. The fourth-order valence-electron chi connectivity index (χ4n) is 2.61. The van der Waals surface area contributed by atoms with E-state index in [1.807, 2.05) is 60.7 Å². The van der Waals surface area contributed by atoms with Gasteiger partial charge in [0.05, 0.1) is 18.2 Å². The molecule has 2 heterocycles. The average Bonchev–Trinajstić information content (AvgIpc) is 2.68. The number of methoxy groups -OCH3 is 1. The molecule has 2 aromatic carbocycles. The minimum absolute atomic E-state index is 0.407. The maximum Gasteiger partial charge on any atom is 0.246 e. The van der Waals surface area contributed by atoms with Gasteiger partial charge in [-0.05, 0) is 24.3 Å². The molecule has 122 valence electrons. The molecule has 4 aromatic rings. The Bertz CT molecular complexity index is 1020. The Balaban J connectivity index is 1.86. The molecule has 0 aliphatic carbocycles. The Morgan fingerprint density at radius 1 is 0.800 bits per heavy atom. The van der Waals surface area contributed by atoms with Crippen molar-refractivity contribution < 1.29 is 9.47 Å². The maximum atomic E-state index is 5.92. The Morgan fingerprint density at radius 3 is 2.40 bits per heavy atom. The Morgan fingerprint density at radius 2 is 1.56 bits per heavy atom. The molecule has 0 amide bonds. The van der Waals surface area contributed by atoms with E-state index in [9.17, 15) is 0 Å². The summed E-state index contributed by atoms with van der Waals surface area (Å²) in [4.78, 5) is 13.4. The molecule has 25 heavy (non-hydrogen) atoms. The third kappa shape index (κ3) is 2.99. The van der Waals surface area contributed by atoms with Crippen LogP contribution in [0.4, 0.5) is 0 Å². The second kappa shape index (κ2) is 6.57. The van der Waals surface area contributed by atoms with Gasteiger partial charge in [-0.15, -0.1) is 0 Å². The maximum absolute atomic E-state index is 5.92. The van der Waals surface area contributed by atoms with E-state index < -0.39 is 0 Å². The number of benzene rings is 2. The predicted molar refractivity (Wildman–Crippen MR) is 95.8 cm³/mol. The summed E-state index contributed by atoms with van der Waals surface area (Å²) in [6, 6.07) is 19.3. The number of hydrogen-bond donors (Lipinski definition) is 0. The van der Waals surface area contributed by atoms with Crippen molar-refractivity contribution >= 4 is 10.9 Å². The van der Waals surface area contributed by atoms with Crippen LogP contribution in [0.15, 0.2) is 73.1 Å². The number of para-hydroxylation sites is 2. The van der Waals surface area contributed by atoms with Crippen LogP contribution in [0, 0.1) is 0 Å². The van der Waals surface area contributed by atoms with E-state index in [0.717, 1.165) is 16.5 Å². The zero-order chi connectivity index (χ0) is 17.1. The number of fused-ring (bicyclic) bond motifs is 1.